The van der Waals surface area contributed by atoms with Crippen molar-refractivity contribution in [3.05, 3.63) is 29.3 Å². The molecule has 1 aliphatic heterocycles. The Labute approximate surface area is 83.2 Å². The topological polar surface area (TPSA) is 20.2 Å². The first-order valence-electron chi connectivity index (χ1n) is 4.63. The second-order valence-corrected chi connectivity index (χ2v) is 4.75. The van der Waals surface area contributed by atoms with Gasteiger partial charge < -0.3 is 5.11 Å². The van der Waals surface area contributed by atoms with Gasteiger partial charge in [0.15, 0.2) is 0 Å². The van der Waals surface area contributed by atoms with Crippen LogP contribution in [-0.2, 0) is 0 Å². The molecule has 1 aromatic carbocycles. The molecule has 1 heterocycles. The van der Waals surface area contributed by atoms with Gasteiger partial charge in [0.25, 0.3) is 0 Å². The Morgan fingerprint density at radius 2 is 2.31 bits per heavy atom. The summed E-state index contributed by atoms with van der Waals surface area (Å²) in [6.07, 6.45) is -0.346. The van der Waals surface area contributed by atoms with Crippen molar-refractivity contribution in [2.45, 2.75) is 30.8 Å². The number of fused-ring (bicyclic) bond motifs is 1. The number of aliphatic hydroxyl groups is 1. The molecule has 0 aliphatic carbocycles. The highest BCUT2D eigenvalue weighted by atomic mass is 32.2. The molecule has 1 aromatic rings. The molecule has 0 aromatic heterocycles. The maximum Gasteiger partial charge on any atom is 0.0762 e. The number of benzene rings is 1. The average molecular weight is 194 g/mol. The van der Waals surface area contributed by atoms with Crippen molar-refractivity contribution >= 4 is 11.8 Å². The summed E-state index contributed by atoms with van der Waals surface area (Å²) < 4.78 is 0. The van der Waals surface area contributed by atoms with Gasteiger partial charge in [-0.05, 0) is 30.0 Å². The molecule has 70 valence electrons. The van der Waals surface area contributed by atoms with Crippen LogP contribution in [0.5, 0.6) is 0 Å². The van der Waals surface area contributed by atoms with Crippen molar-refractivity contribution < 1.29 is 5.11 Å². The smallest absolute Gasteiger partial charge is 0.0762 e. The fraction of sp³-hybridized carbons (Fsp3) is 0.455. The van der Waals surface area contributed by atoms with Gasteiger partial charge in [-0.25, -0.2) is 0 Å². The van der Waals surface area contributed by atoms with Gasteiger partial charge in [0, 0.05) is 10.6 Å². The summed E-state index contributed by atoms with van der Waals surface area (Å²) in [5, 5.41) is 9.41. The predicted octanol–water partition coefficient (Wildman–Crippen LogP) is 2.95. The normalized spacial score (nSPS) is 22.8. The molecule has 0 saturated carbocycles. The molecule has 13 heavy (non-hydrogen) atoms. The third kappa shape index (κ3) is 1.61. The number of thioether (sulfide) groups is 1. The van der Waals surface area contributed by atoms with Crippen LogP contribution in [0.15, 0.2) is 23.1 Å². The fourth-order valence-corrected chi connectivity index (χ4v) is 2.91. The van der Waals surface area contributed by atoms with E-state index in [9.17, 15) is 5.11 Å². The summed E-state index contributed by atoms with van der Waals surface area (Å²) in [6, 6.07) is 6.31. The van der Waals surface area contributed by atoms with E-state index in [1.165, 1.54) is 16.2 Å². The second-order valence-electron chi connectivity index (χ2n) is 3.69. The van der Waals surface area contributed by atoms with Gasteiger partial charge in [-0.3, -0.25) is 0 Å². The Morgan fingerprint density at radius 3 is 3.00 bits per heavy atom. The molecule has 0 bridgehead atoms. The van der Waals surface area contributed by atoms with Crippen LogP contribution >= 0.6 is 11.8 Å². The van der Waals surface area contributed by atoms with Crippen LogP contribution in [-0.4, -0.2) is 10.9 Å². The molecular weight excluding hydrogens is 180 g/mol. The second kappa shape index (κ2) is 3.35. The summed E-state index contributed by atoms with van der Waals surface area (Å²) in [6.45, 7) is 4.06. The van der Waals surface area contributed by atoms with Gasteiger partial charge in [-0.15, -0.1) is 11.8 Å². The molecule has 1 nitrogen and oxygen atoms in total. The van der Waals surface area contributed by atoms with Crippen LogP contribution in [0.4, 0.5) is 0 Å². The van der Waals surface area contributed by atoms with Crippen molar-refractivity contribution in [3.63, 3.8) is 0 Å². The van der Waals surface area contributed by atoms with Gasteiger partial charge in [-0.1, -0.05) is 19.1 Å². The Morgan fingerprint density at radius 1 is 1.54 bits per heavy atom. The van der Waals surface area contributed by atoms with E-state index in [0.29, 0.717) is 5.92 Å². The van der Waals surface area contributed by atoms with E-state index < -0.39 is 0 Å². The third-order valence-electron chi connectivity index (χ3n) is 2.54. The van der Waals surface area contributed by atoms with Crippen LogP contribution in [0.1, 0.15) is 37.0 Å². The highest BCUT2D eigenvalue weighted by molar-refractivity contribution is 7.99. The number of rotatable bonds is 1. The first-order valence-corrected chi connectivity index (χ1v) is 5.61. The largest absolute Gasteiger partial charge is 0.389 e. The van der Waals surface area contributed by atoms with E-state index in [1.807, 2.05) is 24.8 Å². The minimum Gasteiger partial charge on any atom is -0.389 e. The standard InChI is InChI=1S/C11H14OS/c1-7-6-13-11-5-9(8(2)12)3-4-10(7)11/h3-5,7-8,12H,6H2,1-2H3. The van der Waals surface area contributed by atoms with Gasteiger partial charge in [-0.2, -0.15) is 0 Å². The third-order valence-corrected chi connectivity index (χ3v) is 3.87. The van der Waals surface area contributed by atoms with E-state index in [0.717, 1.165) is 5.56 Å². The van der Waals surface area contributed by atoms with E-state index in [1.54, 1.807) is 0 Å². The van der Waals surface area contributed by atoms with Crippen molar-refractivity contribution in [1.29, 1.82) is 0 Å². The molecule has 2 unspecified atom stereocenters. The Hall–Kier alpha value is -0.470. The lowest BCUT2D eigenvalue weighted by molar-refractivity contribution is 0.199. The van der Waals surface area contributed by atoms with Crippen LogP contribution in [0.3, 0.4) is 0 Å². The summed E-state index contributed by atoms with van der Waals surface area (Å²) >= 11 is 1.90. The average Bonchev–Trinajstić information content (AvgIpc) is 2.47. The lowest BCUT2D eigenvalue weighted by Gasteiger charge is -2.07. The van der Waals surface area contributed by atoms with E-state index in [2.05, 4.69) is 19.1 Å². The van der Waals surface area contributed by atoms with Crippen LogP contribution in [0.25, 0.3) is 0 Å². The van der Waals surface area contributed by atoms with E-state index in [4.69, 9.17) is 0 Å². The van der Waals surface area contributed by atoms with Crippen molar-refractivity contribution in [2.24, 2.45) is 0 Å². The summed E-state index contributed by atoms with van der Waals surface area (Å²) in [4.78, 5) is 1.35. The summed E-state index contributed by atoms with van der Waals surface area (Å²) in [5.74, 6) is 1.85. The van der Waals surface area contributed by atoms with Gasteiger partial charge >= 0.3 is 0 Å². The zero-order chi connectivity index (χ0) is 9.42. The van der Waals surface area contributed by atoms with E-state index in [-0.39, 0.29) is 6.10 Å². The summed E-state index contributed by atoms with van der Waals surface area (Å²) in [7, 11) is 0. The molecule has 1 N–H and O–H groups in total. The Bertz CT molecular complexity index is 320. The number of hydrogen-bond donors (Lipinski definition) is 1. The van der Waals surface area contributed by atoms with Crippen molar-refractivity contribution in [3.8, 4) is 0 Å². The highest BCUT2D eigenvalue weighted by Crippen LogP contribution is 2.40. The highest BCUT2D eigenvalue weighted by Gasteiger charge is 2.19. The van der Waals surface area contributed by atoms with Crippen LogP contribution in [0.2, 0.25) is 0 Å². The molecule has 1 aliphatic rings. The Kier molecular flexibility index (Phi) is 2.35. The lowest BCUT2D eigenvalue weighted by atomic mass is 10.0. The van der Waals surface area contributed by atoms with E-state index >= 15 is 0 Å². The van der Waals surface area contributed by atoms with Crippen molar-refractivity contribution in [1.82, 2.24) is 0 Å². The predicted molar refractivity (Wildman–Crippen MR) is 56.2 cm³/mol. The minimum atomic E-state index is -0.346. The molecule has 0 fully saturated rings. The fourth-order valence-electron chi connectivity index (χ4n) is 1.65. The van der Waals surface area contributed by atoms with Gasteiger partial charge in [0.05, 0.1) is 6.10 Å². The quantitative estimate of drug-likeness (QED) is 0.741. The molecule has 0 saturated heterocycles. The van der Waals surface area contributed by atoms with Crippen LogP contribution in [0, 0.1) is 0 Å². The van der Waals surface area contributed by atoms with Crippen LogP contribution < -0.4 is 0 Å². The number of aliphatic hydroxyl groups excluding tert-OH is 1. The summed E-state index contributed by atoms with van der Waals surface area (Å²) in [5.41, 5.74) is 2.47. The molecule has 2 heteroatoms. The Balaban J connectivity index is 2.40. The maximum absolute atomic E-state index is 9.41. The lowest BCUT2D eigenvalue weighted by Crippen LogP contribution is -1.93. The molecule has 0 spiro atoms. The zero-order valence-corrected chi connectivity index (χ0v) is 8.77. The molecule has 0 amide bonds. The molecule has 2 atom stereocenters. The first-order chi connectivity index (χ1) is 6.18. The molecule has 2 rings (SSSR count). The number of hydrogen-bond acceptors (Lipinski definition) is 2. The minimum absolute atomic E-state index is 0.346. The first kappa shape index (κ1) is 9.10. The zero-order valence-electron chi connectivity index (χ0n) is 7.95. The maximum atomic E-state index is 9.41. The monoisotopic (exact) mass is 194 g/mol. The van der Waals surface area contributed by atoms with Gasteiger partial charge in [0.2, 0.25) is 0 Å². The van der Waals surface area contributed by atoms with Gasteiger partial charge in [0.1, 0.15) is 0 Å². The molecular formula is C11H14OS. The molecule has 0 radical (unpaired) electrons. The van der Waals surface area contributed by atoms with Crippen molar-refractivity contribution in [2.75, 3.05) is 5.75 Å². The SMILES string of the molecule is CC(O)c1ccc2c(c1)SCC2C.